The minimum atomic E-state index is -2.94. The van der Waals surface area contributed by atoms with Gasteiger partial charge in [-0.3, -0.25) is 4.79 Å². The van der Waals surface area contributed by atoms with Gasteiger partial charge in [0, 0.05) is 12.2 Å². The van der Waals surface area contributed by atoms with Gasteiger partial charge in [-0.1, -0.05) is 6.92 Å². The van der Waals surface area contributed by atoms with Crippen molar-refractivity contribution in [2.24, 2.45) is 0 Å². The number of ketones is 1. The smallest absolute Gasteiger partial charge is 0.158 e. The number of hydrogen-bond donors (Lipinski definition) is 0. The number of carbonyl (C=O) groups is 1. The zero-order chi connectivity index (χ0) is 11.9. The van der Waals surface area contributed by atoms with Gasteiger partial charge < -0.3 is 4.74 Å². The summed E-state index contributed by atoms with van der Waals surface area (Å²) in [6.07, 6.45) is 0.718. The largest absolute Gasteiger partial charge is 0.371 e. The molecule has 4 nitrogen and oxygen atoms in total. The number of Topliss-reactive ketones (excluding diaryl/α,β-unsaturated/α-hetero) is 1. The Kier molecular flexibility index (Phi) is 6.76. The van der Waals surface area contributed by atoms with E-state index in [-0.39, 0.29) is 36.4 Å². The number of hydrogen-bond acceptors (Lipinski definition) is 4. The first-order chi connectivity index (χ1) is 6.87. The first-order valence-corrected chi connectivity index (χ1v) is 7.03. The quantitative estimate of drug-likeness (QED) is 0.635. The van der Waals surface area contributed by atoms with Crippen LogP contribution in [0.5, 0.6) is 0 Å². The molecule has 0 saturated carbocycles. The van der Waals surface area contributed by atoms with Crippen LogP contribution in [0.4, 0.5) is 0 Å². The van der Waals surface area contributed by atoms with Crippen molar-refractivity contribution in [3.05, 3.63) is 0 Å². The van der Waals surface area contributed by atoms with Gasteiger partial charge in [0.05, 0.1) is 11.9 Å². The fourth-order valence-electron chi connectivity index (χ4n) is 0.965. The summed E-state index contributed by atoms with van der Waals surface area (Å²) in [5.74, 6) is 0.204. The van der Waals surface area contributed by atoms with Crippen molar-refractivity contribution >= 4 is 15.6 Å². The van der Waals surface area contributed by atoms with Crippen molar-refractivity contribution in [1.82, 2.24) is 0 Å². The molecule has 0 aromatic rings. The van der Waals surface area contributed by atoms with E-state index in [1.165, 1.54) is 0 Å². The Balaban J connectivity index is 3.65. The van der Waals surface area contributed by atoms with Gasteiger partial charge in [0.1, 0.15) is 16.4 Å². The van der Waals surface area contributed by atoms with Crippen molar-refractivity contribution < 1.29 is 17.9 Å². The van der Waals surface area contributed by atoms with Gasteiger partial charge in [-0.05, 0) is 20.3 Å². The highest BCUT2D eigenvalue weighted by Gasteiger charge is 2.09. The zero-order valence-electron chi connectivity index (χ0n) is 9.65. The second-order valence-corrected chi connectivity index (χ2v) is 6.21. The van der Waals surface area contributed by atoms with Crippen molar-refractivity contribution in [2.75, 3.05) is 18.1 Å². The summed E-state index contributed by atoms with van der Waals surface area (Å²) < 4.78 is 27.3. The van der Waals surface area contributed by atoms with Gasteiger partial charge in [0.2, 0.25) is 0 Å². The first-order valence-electron chi connectivity index (χ1n) is 5.21. The van der Waals surface area contributed by atoms with E-state index in [9.17, 15) is 13.2 Å². The number of carbonyl (C=O) groups excluding carboxylic acids is 1. The molecule has 0 heterocycles. The molecule has 0 aliphatic rings. The van der Waals surface area contributed by atoms with Gasteiger partial charge in [0.25, 0.3) is 0 Å². The fraction of sp³-hybridized carbons (Fsp3) is 0.900. The molecule has 90 valence electrons. The monoisotopic (exact) mass is 236 g/mol. The second kappa shape index (κ2) is 6.95. The fourth-order valence-corrected chi connectivity index (χ4v) is 1.84. The van der Waals surface area contributed by atoms with E-state index in [1.807, 2.05) is 13.8 Å². The molecule has 0 atom stereocenters. The average Bonchev–Trinajstić information content (AvgIpc) is 2.14. The Labute approximate surface area is 91.9 Å². The van der Waals surface area contributed by atoms with Gasteiger partial charge in [-0.2, -0.15) is 0 Å². The topological polar surface area (TPSA) is 60.4 Å². The van der Waals surface area contributed by atoms with Crippen molar-refractivity contribution in [3.8, 4) is 0 Å². The van der Waals surface area contributed by atoms with Crippen LogP contribution in [0.25, 0.3) is 0 Å². The van der Waals surface area contributed by atoms with E-state index in [0.717, 1.165) is 0 Å². The Morgan fingerprint density at radius 1 is 1.33 bits per heavy atom. The summed E-state index contributed by atoms with van der Waals surface area (Å²) >= 11 is 0. The van der Waals surface area contributed by atoms with E-state index in [4.69, 9.17) is 4.74 Å². The normalized spacial score (nSPS) is 12.0. The lowest BCUT2D eigenvalue weighted by Gasteiger charge is -2.06. The third-order valence-corrected chi connectivity index (χ3v) is 3.72. The van der Waals surface area contributed by atoms with E-state index in [2.05, 4.69) is 0 Å². The van der Waals surface area contributed by atoms with Crippen LogP contribution in [-0.2, 0) is 19.4 Å². The molecule has 0 aliphatic heterocycles. The number of sulfone groups is 1. The van der Waals surface area contributed by atoms with Crippen LogP contribution in [0.1, 0.15) is 33.6 Å². The Hall–Kier alpha value is -0.420. The maximum atomic E-state index is 11.2. The summed E-state index contributed by atoms with van der Waals surface area (Å²) in [7, 11) is -2.94. The first kappa shape index (κ1) is 14.6. The zero-order valence-corrected chi connectivity index (χ0v) is 10.5. The van der Waals surface area contributed by atoms with Crippen molar-refractivity contribution in [3.63, 3.8) is 0 Å². The number of ether oxygens (including phenoxy) is 1. The van der Waals surface area contributed by atoms with Gasteiger partial charge >= 0.3 is 0 Å². The summed E-state index contributed by atoms with van der Waals surface area (Å²) in [6, 6.07) is 0. The maximum absolute atomic E-state index is 11.2. The average molecular weight is 236 g/mol. The molecule has 0 rings (SSSR count). The highest BCUT2D eigenvalue weighted by molar-refractivity contribution is 7.91. The second-order valence-electron chi connectivity index (χ2n) is 3.74. The molecule has 0 aromatic heterocycles. The van der Waals surface area contributed by atoms with E-state index in [1.54, 1.807) is 6.92 Å². The van der Waals surface area contributed by atoms with Crippen LogP contribution in [-0.4, -0.2) is 38.4 Å². The molecule has 0 bridgehead atoms. The van der Waals surface area contributed by atoms with Crippen molar-refractivity contribution in [2.45, 2.75) is 39.7 Å². The molecule has 0 N–H and O–H groups in total. The number of rotatable bonds is 8. The summed E-state index contributed by atoms with van der Waals surface area (Å²) in [4.78, 5) is 11.2. The Morgan fingerprint density at radius 3 is 2.40 bits per heavy atom. The molecule has 5 heteroatoms. The predicted molar refractivity (Wildman–Crippen MR) is 59.7 cm³/mol. The summed E-state index contributed by atoms with van der Waals surface area (Å²) in [5.41, 5.74) is 0. The third-order valence-electron chi connectivity index (χ3n) is 1.93. The molecule has 15 heavy (non-hydrogen) atoms. The van der Waals surface area contributed by atoms with Gasteiger partial charge in [0.15, 0.2) is 5.78 Å². The lowest BCUT2D eigenvalue weighted by Crippen LogP contribution is -2.15. The molecule has 0 radical (unpaired) electrons. The molecule has 0 spiro atoms. The molecule has 0 aliphatic carbocycles. The molecular weight excluding hydrogens is 216 g/mol. The van der Waals surface area contributed by atoms with Crippen LogP contribution in [0.2, 0.25) is 0 Å². The van der Waals surface area contributed by atoms with E-state index < -0.39 is 9.84 Å². The van der Waals surface area contributed by atoms with Gasteiger partial charge in [-0.25, -0.2) is 8.42 Å². The minimum Gasteiger partial charge on any atom is -0.371 e. The molecule has 0 saturated heterocycles. The van der Waals surface area contributed by atoms with Crippen LogP contribution in [0.3, 0.4) is 0 Å². The standard InChI is InChI=1S/C10H20O4S/c1-4-15(12,13)7-5-6-10(11)8-14-9(2)3/h9H,4-8H2,1-3H3. The third kappa shape index (κ3) is 8.57. The van der Waals surface area contributed by atoms with E-state index in [0.29, 0.717) is 6.42 Å². The SMILES string of the molecule is CCS(=O)(=O)CCCC(=O)COC(C)C. The predicted octanol–water partition coefficient (Wildman–Crippen LogP) is 1.20. The summed E-state index contributed by atoms with van der Waals surface area (Å²) in [6.45, 7) is 5.41. The Bertz CT molecular complexity index is 280. The maximum Gasteiger partial charge on any atom is 0.158 e. The lowest BCUT2D eigenvalue weighted by molar-refractivity contribution is -0.124. The van der Waals surface area contributed by atoms with Gasteiger partial charge in [-0.15, -0.1) is 0 Å². The van der Waals surface area contributed by atoms with Crippen LogP contribution in [0.15, 0.2) is 0 Å². The van der Waals surface area contributed by atoms with Crippen LogP contribution in [0, 0.1) is 0 Å². The highest BCUT2D eigenvalue weighted by atomic mass is 32.2. The van der Waals surface area contributed by atoms with Crippen LogP contribution < -0.4 is 0 Å². The Morgan fingerprint density at radius 2 is 1.93 bits per heavy atom. The minimum absolute atomic E-state index is 0.0324. The molecule has 0 fully saturated rings. The molecule has 0 aromatic carbocycles. The summed E-state index contributed by atoms with van der Waals surface area (Å²) in [5, 5.41) is 0. The van der Waals surface area contributed by atoms with Crippen molar-refractivity contribution in [1.29, 1.82) is 0 Å². The molecular formula is C10H20O4S. The van der Waals surface area contributed by atoms with E-state index >= 15 is 0 Å². The molecule has 0 amide bonds. The highest BCUT2D eigenvalue weighted by Crippen LogP contribution is 1.99. The van der Waals surface area contributed by atoms with Crippen LogP contribution >= 0.6 is 0 Å². The lowest BCUT2D eigenvalue weighted by atomic mass is 10.2. The molecule has 0 unspecified atom stereocenters.